The molecular weight excluding hydrogens is 162 g/mol. The van der Waals surface area contributed by atoms with Gasteiger partial charge >= 0.3 is 0 Å². The molecule has 0 amide bonds. The van der Waals surface area contributed by atoms with Crippen LogP contribution in [-0.2, 0) is 11.3 Å². The van der Waals surface area contributed by atoms with Crippen molar-refractivity contribution in [1.82, 2.24) is 0 Å². The van der Waals surface area contributed by atoms with Crippen molar-refractivity contribution in [2.75, 3.05) is 6.61 Å². The number of hydrogen-bond donors (Lipinski definition) is 1. The Balaban J connectivity index is 2.46. The third-order valence-corrected chi connectivity index (χ3v) is 2.36. The van der Waals surface area contributed by atoms with E-state index in [1.54, 1.807) is 0 Å². The predicted molar refractivity (Wildman–Crippen MR) is 53.1 cm³/mol. The molecule has 0 spiro atoms. The van der Waals surface area contributed by atoms with Gasteiger partial charge < -0.3 is 10.5 Å². The van der Waals surface area contributed by atoms with Crippen LogP contribution in [0.2, 0.25) is 0 Å². The normalized spacial score (nSPS) is 20.8. The van der Waals surface area contributed by atoms with Crippen molar-refractivity contribution >= 4 is 6.08 Å². The minimum atomic E-state index is 0.0173. The molecule has 2 N–H and O–H groups in total. The largest absolute Gasteiger partial charge is 0.375 e. The Morgan fingerprint density at radius 2 is 2.38 bits per heavy atom. The number of nitrogens with two attached hydrogens (primary N) is 1. The fraction of sp³-hybridized carbons (Fsp3) is 0.273. The molecule has 1 heterocycles. The van der Waals surface area contributed by atoms with E-state index in [1.165, 1.54) is 11.1 Å². The quantitative estimate of drug-likeness (QED) is 0.707. The third kappa shape index (κ3) is 1.50. The molecular formula is C11H13NO. The van der Waals surface area contributed by atoms with E-state index in [2.05, 4.69) is 18.7 Å². The van der Waals surface area contributed by atoms with Crippen LogP contribution in [0.1, 0.15) is 22.7 Å². The van der Waals surface area contributed by atoms with Gasteiger partial charge in [-0.2, -0.15) is 0 Å². The van der Waals surface area contributed by atoms with E-state index in [0.717, 1.165) is 5.56 Å². The minimum Gasteiger partial charge on any atom is -0.375 e. The average Bonchev–Trinajstić information content (AvgIpc) is 2.18. The molecule has 0 bridgehead atoms. The zero-order chi connectivity index (χ0) is 9.26. The summed E-state index contributed by atoms with van der Waals surface area (Å²) in [6, 6.07) is 6.21. The molecule has 0 saturated carbocycles. The van der Waals surface area contributed by atoms with Gasteiger partial charge in [-0.15, -0.1) is 0 Å². The second-order valence-corrected chi connectivity index (χ2v) is 3.28. The summed E-state index contributed by atoms with van der Waals surface area (Å²) in [6.07, 6.45) is 1.84. The Labute approximate surface area is 78.0 Å². The highest BCUT2D eigenvalue weighted by molar-refractivity contribution is 5.50. The smallest absolute Gasteiger partial charge is 0.0721 e. The number of hydrogen-bond acceptors (Lipinski definition) is 2. The van der Waals surface area contributed by atoms with Crippen molar-refractivity contribution in [3.05, 3.63) is 41.5 Å². The first kappa shape index (κ1) is 8.48. The third-order valence-electron chi connectivity index (χ3n) is 2.36. The topological polar surface area (TPSA) is 35.2 Å². The Morgan fingerprint density at radius 3 is 3.15 bits per heavy atom. The summed E-state index contributed by atoms with van der Waals surface area (Å²) >= 11 is 0. The Morgan fingerprint density at radius 1 is 1.54 bits per heavy atom. The van der Waals surface area contributed by atoms with Gasteiger partial charge in [-0.3, -0.25) is 0 Å². The van der Waals surface area contributed by atoms with Crippen molar-refractivity contribution in [2.45, 2.75) is 12.6 Å². The van der Waals surface area contributed by atoms with Gasteiger partial charge in [0.1, 0.15) is 0 Å². The van der Waals surface area contributed by atoms with Crippen LogP contribution in [0.5, 0.6) is 0 Å². The molecule has 0 fully saturated rings. The summed E-state index contributed by atoms with van der Waals surface area (Å²) in [7, 11) is 0. The van der Waals surface area contributed by atoms with Gasteiger partial charge in [0, 0.05) is 0 Å². The van der Waals surface area contributed by atoms with E-state index in [-0.39, 0.29) is 6.04 Å². The number of ether oxygens (including phenoxy) is 1. The molecule has 0 aromatic heterocycles. The summed E-state index contributed by atoms with van der Waals surface area (Å²) in [5.74, 6) is 0. The highest BCUT2D eigenvalue weighted by Crippen LogP contribution is 2.24. The van der Waals surface area contributed by atoms with Gasteiger partial charge in [0.15, 0.2) is 0 Å². The van der Waals surface area contributed by atoms with Crippen LogP contribution in [0.4, 0.5) is 0 Å². The fourth-order valence-electron chi connectivity index (χ4n) is 1.60. The van der Waals surface area contributed by atoms with Gasteiger partial charge in [0.25, 0.3) is 0 Å². The summed E-state index contributed by atoms with van der Waals surface area (Å²) in [5, 5.41) is 0. The summed E-state index contributed by atoms with van der Waals surface area (Å²) in [4.78, 5) is 0. The molecule has 2 heteroatoms. The van der Waals surface area contributed by atoms with Crippen LogP contribution in [-0.4, -0.2) is 6.61 Å². The molecule has 1 aliphatic rings. The lowest BCUT2D eigenvalue weighted by Crippen LogP contribution is -2.23. The second kappa shape index (κ2) is 3.32. The van der Waals surface area contributed by atoms with Crippen molar-refractivity contribution in [3.8, 4) is 0 Å². The monoisotopic (exact) mass is 175 g/mol. The van der Waals surface area contributed by atoms with E-state index in [4.69, 9.17) is 10.5 Å². The number of benzene rings is 1. The van der Waals surface area contributed by atoms with Crippen LogP contribution in [0, 0.1) is 0 Å². The van der Waals surface area contributed by atoms with E-state index in [1.807, 2.05) is 12.1 Å². The van der Waals surface area contributed by atoms with E-state index in [9.17, 15) is 0 Å². The van der Waals surface area contributed by atoms with Gasteiger partial charge in [-0.25, -0.2) is 0 Å². The van der Waals surface area contributed by atoms with Crippen LogP contribution < -0.4 is 5.73 Å². The number of fused-ring (bicyclic) bond motifs is 1. The molecule has 0 unspecified atom stereocenters. The predicted octanol–water partition coefficient (Wildman–Crippen LogP) is 1.86. The molecule has 68 valence electrons. The van der Waals surface area contributed by atoms with Crippen molar-refractivity contribution in [2.24, 2.45) is 5.73 Å². The zero-order valence-corrected chi connectivity index (χ0v) is 7.49. The van der Waals surface area contributed by atoms with Crippen LogP contribution in [0.25, 0.3) is 6.08 Å². The molecule has 13 heavy (non-hydrogen) atoms. The van der Waals surface area contributed by atoms with Gasteiger partial charge in [0.05, 0.1) is 19.3 Å². The lowest BCUT2D eigenvalue weighted by atomic mass is 9.97. The molecule has 0 saturated heterocycles. The summed E-state index contributed by atoms with van der Waals surface area (Å²) < 4.78 is 5.33. The average molecular weight is 175 g/mol. The maximum atomic E-state index is 5.91. The van der Waals surface area contributed by atoms with Gasteiger partial charge in [-0.05, 0) is 22.8 Å². The van der Waals surface area contributed by atoms with E-state index < -0.39 is 0 Å². The van der Waals surface area contributed by atoms with Crippen LogP contribution in [0.3, 0.4) is 0 Å². The highest BCUT2D eigenvalue weighted by atomic mass is 16.5. The number of rotatable bonds is 1. The van der Waals surface area contributed by atoms with Crippen LogP contribution >= 0.6 is 0 Å². The first-order valence-electron chi connectivity index (χ1n) is 4.40. The van der Waals surface area contributed by atoms with Crippen molar-refractivity contribution in [1.29, 1.82) is 0 Å². The Hall–Kier alpha value is -1.12. The SMILES string of the molecule is C=Cc1ccc2c(c1)[C@H](N)COC2. The first-order chi connectivity index (χ1) is 6.31. The molecule has 1 aromatic rings. The summed E-state index contributed by atoms with van der Waals surface area (Å²) in [6.45, 7) is 5.03. The van der Waals surface area contributed by atoms with Crippen LogP contribution in [0.15, 0.2) is 24.8 Å². The molecule has 1 atom stereocenters. The van der Waals surface area contributed by atoms with Gasteiger partial charge in [-0.1, -0.05) is 24.8 Å². The molecule has 1 aliphatic heterocycles. The molecule has 0 aliphatic carbocycles. The molecule has 2 rings (SSSR count). The molecule has 1 aromatic carbocycles. The Bertz CT molecular complexity index is 333. The van der Waals surface area contributed by atoms with Gasteiger partial charge in [0.2, 0.25) is 0 Å². The minimum absolute atomic E-state index is 0.0173. The van der Waals surface area contributed by atoms with E-state index >= 15 is 0 Å². The second-order valence-electron chi connectivity index (χ2n) is 3.28. The molecule has 0 radical (unpaired) electrons. The summed E-state index contributed by atoms with van der Waals surface area (Å²) in [5.41, 5.74) is 9.43. The highest BCUT2D eigenvalue weighted by Gasteiger charge is 2.16. The standard InChI is InChI=1S/C11H13NO/c1-2-8-3-4-9-6-13-7-11(12)10(9)5-8/h2-5,11H,1,6-7,12H2/t11-/m1/s1. The lowest BCUT2D eigenvalue weighted by Gasteiger charge is -2.22. The maximum absolute atomic E-state index is 5.91. The first-order valence-corrected chi connectivity index (χ1v) is 4.40. The van der Waals surface area contributed by atoms with Crippen molar-refractivity contribution < 1.29 is 4.74 Å². The van der Waals surface area contributed by atoms with E-state index in [0.29, 0.717) is 13.2 Å². The Kier molecular flexibility index (Phi) is 2.17. The molecule has 2 nitrogen and oxygen atoms in total. The zero-order valence-electron chi connectivity index (χ0n) is 7.49. The van der Waals surface area contributed by atoms with Crippen molar-refractivity contribution in [3.63, 3.8) is 0 Å². The lowest BCUT2D eigenvalue weighted by molar-refractivity contribution is 0.0924. The fourth-order valence-corrected chi connectivity index (χ4v) is 1.60. The maximum Gasteiger partial charge on any atom is 0.0721 e.